The van der Waals surface area contributed by atoms with E-state index in [0.717, 1.165) is 69.1 Å². The number of fused-ring (bicyclic) bond motifs is 8. The molecule has 176 valence electrons. The van der Waals surface area contributed by atoms with Gasteiger partial charge in [-0.05, 0) is 72.8 Å². The molecule has 0 aliphatic carbocycles. The van der Waals surface area contributed by atoms with Crippen molar-refractivity contribution in [2.24, 2.45) is 0 Å². The number of nitro benzene ring substituents is 2. The highest BCUT2D eigenvalue weighted by Crippen LogP contribution is 2.18. The molecule has 10 nitrogen and oxygen atoms in total. The molecule has 0 atom stereocenters. The van der Waals surface area contributed by atoms with Gasteiger partial charge in [-0.15, -0.1) is 0 Å². The van der Waals surface area contributed by atoms with Crippen molar-refractivity contribution < 1.29 is 9.85 Å². The summed E-state index contributed by atoms with van der Waals surface area (Å²) in [5.41, 5.74) is 7.56. The molecular weight excluding hydrogens is 460 g/mol. The first-order valence-electron chi connectivity index (χ1n) is 10.8. The summed E-state index contributed by atoms with van der Waals surface area (Å²) >= 11 is 0. The number of rotatable bonds is 2. The maximum atomic E-state index is 10.1. The van der Waals surface area contributed by atoms with Crippen LogP contribution in [-0.4, -0.2) is 29.8 Å². The highest BCUT2D eigenvalue weighted by Gasteiger charge is 2.09. The fraction of sp³-hybridized carbons (Fsp3) is 0. The van der Waals surface area contributed by atoms with E-state index in [1.165, 1.54) is 0 Å². The number of hydrogen-bond donors (Lipinski definition) is 2. The first-order chi connectivity index (χ1) is 17.4. The fourth-order valence-corrected chi connectivity index (χ4v) is 3.64. The van der Waals surface area contributed by atoms with Gasteiger partial charge in [-0.25, -0.2) is 9.97 Å². The average Bonchev–Trinajstić information content (AvgIpc) is 3.66. The van der Waals surface area contributed by atoms with Gasteiger partial charge < -0.3 is 9.97 Å². The van der Waals surface area contributed by atoms with Crippen molar-refractivity contribution >= 4 is 57.7 Å². The largest absolute Gasteiger partial charge is 0.355 e. The first kappa shape index (κ1) is 22.4. The van der Waals surface area contributed by atoms with Crippen LogP contribution in [-0.2, 0) is 0 Å². The van der Waals surface area contributed by atoms with Crippen molar-refractivity contribution in [3.8, 4) is 0 Å². The summed E-state index contributed by atoms with van der Waals surface area (Å²) in [4.78, 5) is 35.0. The Labute approximate surface area is 203 Å². The zero-order valence-electron chi connectivity index (χ0n) is 18.7. The topological polar surface area (TPSA) is 144 Å². The van der Waals surface area contributed by atoms with E-state index < -0.39 is 9.85 Å². The lowest BCUT2D eigenvalue weighted by Gasteiger charge is -1.90. The molecule has 2 aliphatic rings. The molecule has 0 radical (unpaired) electrons. The summed E-state index contributed by atoms with van der Waals surface area (Å²) in [5, 5.41) is 20.2. The van der Waals surface area contributed by atoms with Crippen LogP contribution in [0.5, 0.6) is 0 Å². The third-order valence-electron chi connectivity index (χ3n) is 5.31. The number of nitro groups is 2. The van der Waals surface area contributed by atoms with Crippen LogP contribution in [0.25, 0.3) is 46.4 Å². The van der Waals surface area contributed by atoms with Crippen LogP contribution in [0, 0.1) is 20.2 Å². The van der Waals surface area contributed by atoms with Gasteiger partial charge in [0.05, 0.1) is 32.6 Å². The molecule has 0 spiro atoms. The van der Waals surface area contributed by atoms with Gasteiger partial charge >= 0.3 is 0 Å². The molecule has 0 unspecified atom stereocenters. The highest BCUT2D eigenvalue weighted by atomic mass is 16.6. The molecule has 36 heavy (non-hydrogen) atoms. The lowest BCUT2D eigenvalue weighted by molar-refractivity contribution is -0.389. The maximum absolute atomic E-state index is 10.1. The Morgan fingerprint density at radius 3 is 1.03 bits per heavy atom. The second-order valence-corrected chi connectivity index (χ2v) is 7.94. The standard InChI is InChI=1S/C20H14N4.C6H4N2O4/c1-2-14-10-16-5-6-18(23-16)12-20-8-7-19(24-20)11-17-4-3-15(22-17)9-13(1)21-14;9-7(10)5-1-2-6(4-3-5)8(11)12/h1-12,21,24H;1-4H. The normalized spacial score (nSPS) is 11.6. The minimum Gasteiger partial charge on any atom is -0.355 e. The van der Waals surface area contributed by atoms with Crippen LogP contribution in [0.1, 0.15) is 22.8 Å². The predicted molar refractivity (Wildman–Crippen MR) is 139 cm³/mol. The zero-order valence-corrected chi connectivity index (χ0v) is 18.7. The Hall–Kier alpha value is -5.38. The van der Waals surface area contributed by atoms with Gasteiger partial charge in [0, 0.05) is 46.3 Å². The molecule has 8 bridgehead atoms. The number of hydrogen-bond acceptors (Lipinski definition) is 6. The smallest absolute Gasteiger partial charge is 0.269 e. The number of aromatic amines is 2. The SMILES string of the molecule is C1=Cc2cc3ccc(cc4nc(cc5ccc(cc1n2)[nH]5)C=C4)[nH]3.O=[N+]([O-])c1ccc([N+](=O)[O-])cc1. The molecule has 3 aromatic heterocycles. The first-order valence-corrected chi connectivity index (χ1v) is 10.8. The lowest BCUT2D eigenvalue weighted by Crippen LogP contribution is -1.90. The summed E-state index contributed by atoms with van der Waals surface area (Å²) in [6.07, 6.45) is 8.09. The second-order valence-electron chi connectivity index (χ2n) is 7.94. The van der Waals surface area contributed by atoms with E-state index in [2.05, 4.69) is 44.2 Å². The van der Waals surface area contributed by atoms with E-state index >= 15 is 0 Å². The lowest BCUT2D eigenvalue weighted by atomic mass is 10.3. The molecule has 1 aromatic carbocycles. The molecule has 2 aliphatic heterocycles. The number of nitrogens with one attached hydrogen (secondary N) is 2. The van der Waals surface area contributed by atoms with Crippen molar-refractivity contribution in [1.29, 1.82) is 0 Å². The van der Waals surface area contributed by atoms with Crippen LogP contribution in [0.2, 0.25) is 0 Å². The zero-order chi connectivity index (χ0) is 25.1. The van der Waals surface area contributed by atoms with Crippen molar-refractivity contribution in [2.45, 2.75) is 0 Å². The van der Waals surface area contributed by atoms with Crippen molar-refractivity contribution in [2.75, 3.05) is 0 Å². The Morgan fingerprint density at radius 2 is 0.778 bits per heavy atom. The summed E-state index contributed by atoms with van der Waals surface area (Å²) in [6, 6.07) is 20.7. The Balaban J connectivity index is 0.000000189. The Morgan fingerprint density at radius 1 is 0.500 bits per heavy atom. The van der Waals surface area contributed by atoms with E-state index in [1.54, 1.807) is 0 Å². The van der Waals surface area contributed by atoms with Crippen LogP contribution in [0.4, 0.5) is 11.4 Å². The third kappa shape index (κ3) is 5.23. The van der Waals surface area contributed by atoms with Crippen LogP contribution < -0.4 is 0 Å². The number of H-pyrrole nitrogens is 2. The molecular formula is C26H18N6O4. The quantitative estimate of drug-likeness (QED) is 0.225. The van der Waals surface area contributed by atoms with Gasteiger partial charge in [-0.3, -0.25) is 20.2 Å². The molecule has 0 fully saturated rings. The summed E-state index contributed by atoms with van der Waals surface area (Å²) < 4.78 is 0. The van der Waals surface area contributed by atoms with Gasteiger partial charge in [0.1, 0.15) is 0 Å². The van der Waals surface area contributed by atoms with Crippen molar-refractivity contribution in [1.82, 2.24) is 19.9 Å². The maximum Gasteiger partial charge on any atom is 0.269 e. The van der Waals surface area contributed by atoms with Crippen molar-refractivity contribution in [3.05, 3.63) is 116 Å². The van der Waals surface area contributed by atoms with Crippen LogP contribution in [0.15, 0.2) is 72.8 Å². The second kappa shape index (κ2) is 9.47. The fourth-order valence-electron chi connectivity index (χ4n) is 3.64. The van der Waals surface area contributed by atoms with E-state index in [9.17, 15) is 20.2 Å². The van der Waals surface area contributed by atoms with Crippen LogP contribution in [0.3, 0.4) is 0 Å². The molecule has 5 heterocycles. The average molecular weight is 478 g/mol. The molecule has 6 rings (SSSR count). The molecule has 0 saturated carbocycles. The molecule has 2 N–H and O–H groups in total. The summed E-state index contributed by atoms with van der Waals surface area (Å²) in [7, 11) is 0. The van der Waals surface area contributed by atoms with Gasteiger partial charge in [-0.1, -0.05) is 0 Å². The van der Waals surface area contributed by atoms with E-state index in [1.807, 2.05) is 48.6 Å². The number of non-ortho nitro benzene ring substituents is 2. The monoisotopic (exact) mass is 478 g/mol. The Kier molecular flexibility index (Phi) is 5.90. The molecule has 10 heteroatoms. The number of benzene rings is 1. The predicted octanol–water partition coefficient (Wildman–Crippen LogP) is 6.16. The van der Waals surface area contributed by atoms with Gasteiger partial charge in [0.2, 0.25) is 0 Å². The van der Waals surface area contributed by atoms with E-state index in [4.69, 9.17) is 0 Å². The highest BCUT2D eigenvalue weighted by molar-refractivity contribution is 5.77. The van der Waals surface area contributed by atoms with Gasteiger partial charge in [0.25, 0.3) is 11.4 Å². The van der Waals surface area contributed by atoms with E-state index in [-0.39, 0.29) is 11.4 Å². The third-order valence-corrected chi connectivity index (χ3v) is 5.31. The van der Waals surface area contributed by atoms with Gasteiger partial charge in [0.15, 0.2) is 0 Å². The van der Waals surface area contributed by atoms with Crippen LogP contribution >= 0.6 is 0 Å². The number of nitrogens with zero attached hydrogens (tertiary/aromatic N) is 4. The summed E-state index contributed by atoms with van der Waals surface area (Å²) in [5.74, 6) is 0. The minimum absolute atomic E-state index is 0.152. The molecule has 4 aromatic rings. The summed E-state index contributed by atoms with van der Waals surface area (Å²) in [6.45, 7) is 0. The Bertz CT molecular complexity index is 1490. The molecule has 0 saturated heterocycles. The number of aromatic nitrogens is 4. The van der Waals surface area contributed by atoms with Crippen molar-refractivity contribution in [3.63, 3.8) is 0 Å². The molecule has 0 amide bonds. The minimum atomic E-state index is -0.607. The van der Waals surface area contributed by atoms with E-state index in [0.29, 0.717) is 0 Å². The van der Waals surface area contributed by atoms with Gasteiger partial charge in [-0.2, -0.15) is 0 Å².